The number of anilines is 1. The minimum Gasteiger partial charge on any atom is -0.494 e. The van der Waals surface area contributed by atoms with Crippen molar-refractivity contribution in [3.63, 3.8) is 0 Å². The zero-order valence-electron chi connectivity index (χ0n) is 19.7. The third-order valence-electron chi connectivity index (χ3n) is 7.05. The molecule has 0 bridgehead atoms. The number of fused-ring (bicyclic) bond motifs is 3. The van der Waals surface area contributed by atoms with E-state index in [9.17, 15) is 4.79 Å². The van der Waals surface area contributed by atoms with E-state index < -0.39 is 5.66 Å². The van der Waals surface area contributed by atoms with E-state index in [1.807, 2.05) is 12.1 Å². The van der Waals surface area contributed by atoms with Gasteiger partial charge < -0.3 is 15.0 Å². The Labute approximate surface area is 192 Å². The van der Waals surface area contributed by atoms with Crippen molar-refractivity contribution >= 4 is 17.7 Å². The number of ether oxygens (including phenoxy) is 1. The largest absolute Gasteiger partial charge is 0.494 e. The van der Waals surface area contributed by atoms with E-state index >= 15 is 0 Å². The van der Waals surface area contributed by atoms with Crippen molar-refractivity contribution in [3.8, 4) is 5.75 Å². The monoisotopic (exact) mass is 432 g/mol. The van der Waals surface area contributed by atoms with Gasteiger partial charge in [0.05, 0.1) is 6.61 Å². The SMILES string of the molecule is CCCCCCCOc1ccc(/C=C/[C@]23NC(=O)CCN2c2ccccc2C3(C)C)cc1. The molecule has 1 N–H and O–H groups in total. The first kappa shape index (κ1) is 22.4. The zero-order valence-corrected chi connectivity index (χ0v) is 19.7. The van der Waals surface area contributed by atoms with Crippen molar-refractivity contribution in [1.29, 1.82) is 0 Å². The van der Waals surface area contributed by atoms with Gasteiger partial charge in [-0.25, -0.2) is 0 Å². The number of benzene rings is 2. The van der Waals surface area contributed by atoms with Crippen LogP contribution in [0.5, 0.6) is 5.75 Å². The van der Waals surface area contributed by atoms with Crippen LogP contribution in [0, 0.1) is 0 Å². The van der Waals surface area contributed by atoms with Gasteiger partial charge >= 0.3 is 0 Å². The lowest BCUT2D eigenvalue weighted by Crippen LogP contribution is -2.68. The molecule has 1 saturated heterocycles. The summed E-state index contributed by atoms with van der Waals surface area (Å²) in [5.41, 5.74) is 2.76. The average Bonchev–Trinajstić information content (AvgIpc) is 2.99. The second-order valence-corrected chi connectivity index (χ2v) is 9.52. The lowest BCUT2D eigenvalue weighted by atomic mass is 9.74. The highest BCUT2D eigenvalue weighted by Gasteiger charge is 2.57. The molecule has 0 radical (unpaired) electrons. The van der Waals surface area contributed by atoms with E-state index in [-0.39, 0.29) is 11.3 Å². The van der Waals surface area contributed by atoms with Gasteiger partial charge in [0.2, 0.25) is 5.91 Å². The molecule has 2 aliphatic rings. The third kappa shape index (κ3) is 4.15. The first-order chi connectivity index (χ1) is 15.5. The summed E-state index contributed by atoms with van der Waals surface area (Å²) in [4.78, 5) is 14.9. The Kier molecular flexibility index (Phi) is 6.59. The van der Waals surface area contributed by atoms with Gasteiger partial charge in [-0.1, -0.05) is 82.9 Å². The normalized spacial score (nSPS) is 21.3. The number of amides is 1. The molecular weight excluding hydrogens is 396 g/mol. The smallest absolute Gasteiger partial charge is 0.223 e. The fourth-order valence-corrected chi connectivity index (χ4v) is 5.11. The van der Waals surface area contributed by atoms with Gasteiger partial charge in [-0.3, -0.25) is 4.79 Å². The second-order valence-electron chi connectivity index (χ2n) is 9.52. The predicted octanol–water partition coefficient (Wildman–Crippen LogP) is 6.06. The summed E-state index contributed by atoms with van der Waals surface area (Å²) >= 11 is 0. The van der Waals surface area contributed by atoms with Crippen LogP contribution in [-0.4, -0.2) is 24.7 Å². The first-order valence-electron chi connectivity index (χ1n) is 12.1. The van der Waals surface area contributed by atoms with Crippen molar-refractivity contribution < 1.29 is 9.53 Å². The van der Waals surface area contributed by atoms with Gasteiger partial charge in [0.15, 0.2) is 0 Å². The molecule has 0 spiro atoms. The Bertz CT molecular complexity index is 964. The quantitative estimate of drug-likeness (QED) is 0.490. The minimum absolute atomic E-state index is 0.106. The number of rotatable bonds is 9. The van der Waals surface area contributed by atoms with Crippen LogP contribution in [0.1, 0.15) is 70.4 Å². The second kappa shape index (κ2) is 9.40. The number of nitrogens with one attached hydrogen (secondary N) is 1. The van der Waals surface area contributed by atoms with Crippen LogP contribution in [0.25, 0.3) is 6.08 Å². The van der Waals surface area contributed by atoms with Crippen molar-refractivity contribution in [1.82, 2.24) is 5.32 Å². The molecule has 4 heteroatoms. The van der Waals surface area contributed by atoms with Crippen LogP contribution < -0.4 is 15.0 Å². The molecule has 2 aromatic carbocycles. The van der Waals surface area contributed by atoms with Crippen LogP contribution in [0.15, 0.2) is 54.6 Å². The number of hydrogen-bond acceptors (Lipinski definition) is 3. The molecule has 0 unspecified atom stereocenters. The lowest BCUT2D eigenvalue weighted by molar-refractivity contribution is -0.124. The van der Waals surface area contributed by atoms with Crippen LogP contribution >= 0.6 is 0 Å². The summed E-state index contributed by atoms with van der Waals surface area (Å²) in [5.74, 6) is 1.02. The van der Waals surface area contributed by atoms with Crippen LogP contribution in [-0.2, 0) is 10.2 Å². The van der Waals surface area contributed by atoms with E-state index in [0.29, 0.717) is 6.42 Å². The van der Waals surface area contributed by atoms with Crippen molar-refractivity contribution in [3.05, 3.63) is 65.7 Å². The average molecular weight is 433 g/mol. The summed E-state index contributed by atoms with van der Waals surface area (Å²) in [5, 5.41) is 3.33. The van der Waals surface area contributed by atoms with Gasteiger partial charge in [0, 0.05) is 24.1 Å². The number of unbranched alkanes of at least 4 members (excludes halogenated alkanes) is 4. The molecule has 4 nitrogen and oxygen atoms in total. The Morgan fingerprint density at radius 3 is 2.56 bits per heavy atom. The molecular formula is C28H36N2O2. The third-order valence-corrected chi connectivity index (χ3v) is 7.05. The number of nitrogens with zero attached hydrogens (tertiary/aromatic N) is 1. The van der Waals surface area contributed by atoms with Crippen molar-refractivity contribution in [2.24, 2.45) is 0 Å². The van der Waals surface area contributed by atoms with Crippen molar-refractivity contribution in [2.75, 3.05) is 18.1 Å². The lowest BCUT2D eigenvalue weighted by Gasteiger charge is -2.49. The molecule has 2 aromatic rings. The van der Waals surface area contributed by atoms with E-state index in [1.165, 1.54) is 36.9 Å². The van der Waals surface area contributed by atoms with Crippen LogP contribution in [0.2, 0.25) is 0 Å². The highest BCUT2D eigenvalue weighted by Crippen LogP contribution is 2.52. The molecule has 2 heterocycles. The van der Waals surface area contributed by atoms with E-state index in [2.05, 4.69) is 79.5 Å². The Hall–Kier alpha value is -2.75. The highest BCUT2D eigenvalue weighted by atomic mass is 16.5. The molecule has 0 aromatic heterocycles. The van der Waals surface area contributed by atoms with Gasteiger partial charge in [-0.2, -0.15) is 0 Å². The topological polar surface area (TPSA) is 41.6 Å². The fourth-order valence-electron chi connectivity index (χ4n) is 5.11. The number of hydrogen-bond donors (Lipinski definition) is 1. The van der Waals surface area contributed by atoms with E-state index in [0.717, 1.165) is 30.9 Å². The Balaban J connectivity index is 1.48. The summed E-state index contributed by atoms with van der Waals surface area (Å²) in [6.45, 7) is 8.17. The van der Waals surface area contributed by atoms with E-state index in [4.69, 9.17) is 4.74 Å². The number of para-hydroxylation sites is 1. The zero-order chi connectivity index (χ0) is 22.6. The summed E-state index contributed by atoms with van der Waals surface area (Å²) in [6.07, 6.45) is 11.0. The van der Waals surface area contributed by atoms with Crippen molar-refractivity contribution in [2.45, 2.75) is 70.4 Å². The molecule has 0 aliphatic carbocycles. The highest BCUT2D eigenvalue weighted by molar-refractivity contribution is 5.84. The molecule has 1 atom stereocenters. The molecule has 32 heavy (non-hydrogen) atoms. The van der Waals surface area contributed by atoms with Gasteiger partial charge in [0.25, 0.3) is 0 Å². The minimum atomic E-state index is -0.570. The molecule has 0 saturated carbocycles. The number of carbonyl (C=O) groups excluding carboxylic acids is 1. The molecule has 4 rings (SSSR count). The van der Waals surface area contributed by atoms with Gasteiger partial charge in [-0.15, -0.1) is 0 Å². The fraction of sp³-hybridized carbons (Fsp3) is 0.464. The maximum Gasteiger partial charge on any atom is 0.223 e. The standard InChI is InChI=1S/C28H36N2O2/c1-4-5-6-7-10-21-32-23-15-13-22(14-16-23)17-19-28-27(2,3)24-11-8-9-12-25(24)30(28)20-18-26(31)29-28/h8-9,11-17,19H,4-7,10,18,20-21H2,1-3H3,(H,29,31)/b19-17+/t28-/m0/s1. The predicted molar refractivity (Wildman–Crippen MR) is 132 cm³/mol. The van der Waals surface area contributed by atoms with Gasteiger partial charge in [-0.05, 0) is 41.8 Å². The Morgan fingerprint density at radius 1 is 1.03 bits per heavy atom. The maximum atomic E-state index is 12.5. The molecule has 2 aliphatic heterocycles. The van der Waals surface area contributed by atoms with Gasteiger partial charge in [0.1, 0.15) is 11.4 Å². The molecule has 1 fully saturated rings. The Morgan fingerprint density at radius 2 is 1.78 bits per heavy atom. The summed E-state index contributed by atoms with van der Waals surface area (Å²) < 4.78 is 5.90. The maximum absolute atomic E-state index is 12.5. The summed E-state index contributed by atoms with van der Waals surface area (Å²) in [6, 6.07) is 16.8. The first-order valence-corrected chi connectivity index (χ1v) is 12.1. The molecule has 1 amide bonds. The van der Waals surface area contributed by atoms with E-state index in [1.54, 1.807) is 0 Å². The van der Waals surface area contributed by atoms with Crippen LogP contribution in [0.4, 0.5) is 5.69 Å². The molecule has 170 valence electrons. The number of carbonyl (C=O) groups is 1. The van der Waals surface area contributed by atoms with Crippen LogP contribution in [0.3, 0.4) is 0 Å². The summed E-state index contributed by atoms with van der Waals surface area (Å²) in [7, 11) is 0.